The van der Waals surface area contributed by atoms with Gasteiger partial charge in [0.1, 0.15) is 0 Å². The molecule has 4 heteroatoms. The first-order valence-corrected chi connectivity index (χ1v) is 6.53. The Kier molecular flexibility index (Phi) is 3.77. The van der Waals surface area contributed by atoms with Gasteiger partial charge in [-0.05, 0) is 30.3 Å². The number of hydrogen-bond acceptors (Lipinski definition) is 2. The molecule has 0 saturated heterocycles. The summed E-state index contributed by atoms with van der Waals surface area (Å²) in [7, 11) is 0. The Balaban J connectivity index is 2.22. The first-order valence-electron chi connectivity index (χ1n) is 4.61. The standard InChI is InChI=1S/C12H9O2S2/c13-16(14)12-8-4-7-11(9-12)15-10-5-2-1-3-6-10/h1-6,8-9H,(H,13,14). The number of benzene rings is 2. The van der Waals surface area contributed by atoms with E-state index < -0.39 is 11.1 Å². The van der Waals surface area contributed by atoms with Crippen molar-refractivity contribution >= 4 is 22.8 Å². The average molecular weight is 249 g/mol. The van der Waals surface area contributed by atoms with Gasteiger partial charge in [0.05, 0.1) is 4.90 Å². The van der Waals surface area contributed by atoms with Crippen LogP contribution in [-0.4, -0.2) is 8.76 Å². The van der Waals surface area contributed by atoms with Crippen LogP contribution in [0, 0.1) is 6.07 Å². The molecule has 0 aromatic heterocycles. The fourth-order valence-corrected chi connectivity index (χ4v) is 2.55. The average Bonchev–Trinajstić information content (AvgIpc) is 2.30. The Labute approximate surface area is 101 Å². The van der Waals surface area contributed by atoms with E-state index in [1.54, 1.807) is 18.2 Å². The smallest absolute Gasteiger partial charge is 0.186 e. The first-order chi connectivity index (χ1) is 7.75. The highest BCUT2D eigenvalue weighted by atomic mass is 32.2. The highest BCUT2D eigenvalue weighted by molar-refractivity contribution is 7.99. The molecule has 1 radical (unpaired) electrons. The van der Waals surface area contributed by atoms with Gasteiger partial charge in [-0.25, -0.2) is 4.21 Å². The van der Waals surface area contributed by atoms with E-state index in [-0.39, 0.29) is 0 Å². The topological polar surface area (TPSA) is 37.3 Å². The van der Waals surface area contributed by atoms with Crippen molar-refractivity contribution in [2.24, 2.45) is 0 Å². The fraction of sp³-hybridized carbons (Fsp3) is 0. The predicted molar refractivity (Wildman–Crippen MR) is 64.9 cm³/mol. The van der Waals surface area contributed by atoms with Crippen LogP contribution in [0.4, 0.5) is 0 Å². The predicted octanol–water partition coefficient (Wildman–Crippen LogP) is 3.22. The second-order valence-corrected chi connectivity index (χ2v) is 5.14. The lowest BCUT2D eigenvalue weighted by atomic mass is 10.4. The first kappa shape index (κ1) is 11.4. The van der Waals surface area contributed by atoms with Gasteiger partial charge in [-0.1, -0.05) is 36.0 Å². The largest absolute Gasteiger partial charge is 0.302 e. The Bertz CT molecular complexity index is 497. The van der Waals surface area contributed by atoms with Crippen molar-refractivity contribution in [3.63, 3.8) is 0 Å². The van der Waals surface area contributed by atoms with Crippen LogP contribution in [0.25, 0.3) is 0 Å². The molecular weight excluding hydrogens is 240 g/mol. The Morgan fingerprint density at radius 3 is 2.62 bits per heavy atom. The molecule has 0 bridgehead atoms. The zero-order chi connectivity index (χ0) is 11.4. The van der Waals surface area contributed by atoms with E-state index in [4.69, 9.17) is 4.55 Å². The third kappa shape index (κ3) is 2.95. The van der Waals surface area contributed by atoms with Crippen molar-refractivity contribution < 1.29 is 8.76 Å². The molecule has 0 saturated carbocycles. The van der Waals surface area contributed by atoms with E-state index in [2.05, 4.69) is 6.07 Å². The Morgan fingerprint density at radius 1 is 1.19 bits per heavy atom. The monoisotopic (exact) mass is 249 g/mol. The fourth-order valence-electron chi connectivity index (χ4n) is 1.21. The van der Waals surface area contributed by atoms with Crippen molar-refractivity contribution in [3.05, 3.63) is 54.6 Å². The number of rotatable bonds is 3. The molecule has 0 aliphatic heterocycles. The minimum Gasteiger partial charge on any atom is -0.302 e. The Hall–Kier alpha value is -1.10. The molecule has 2 aromatic carbocycles. The SMILES string of the molecule is O=S(O)c1cc[c]c(Sc2ccccc2)c1. The molecule has 1 atom stereocenters. The van der Waals surface area contributed by atoms with Gasteiger partial charge in [0, 0.05) is 9.79 Å². The Morgan fingerprint density at radius 2 is 1.94 bits per heavy atom. The normalized spacial score (nSPS) is 12.3. The van der Waals surface area contributed by atoms with E-state index >= 15 is 0 Å². The van der Waals surface area contributed by atoms with Gasteiger partial charge in [-0.3, -0.25) is 0 Å². The van der Waals surface area contributed by atoms with Crippen LogP contribution in [-0.2, 0) is 11.1 Å². The second-order valence-electron chi connectivity index (χ2n) is 3.05. The second kappa shape index (κ2) is 5.30. The summed E-state index contributed by atoms with van der Waals surface area (Å²) < 4.78 is 19.9. The quantitative estimate of drug-likeness (QED) is 0.849. The molecule has 1 unspecified atom stereocenters. The minimum atomic E-state index is -1.93. The van der Waals surface area contributed by atoms with Crippen LogP contribution >= 0.6 is 11.8 Å². The third-order valence-corrected chi connectivity index (χ3v) is 3.54. The number of hydrogen-bond donors (Lipinski definition) is 1. The van der Waals surface area contributed by atoms with Gasteiger partial charge in [0.25, 0.3) is 0 Å². The highest BCUT2D eigenvalue weighted by Gasteiger charge is 2.02. The van der Waals surface area contributed by atoms with Crippen LogP contribution in [0.15, 0.2) is 63.2 Å². The van der Waals surface area contributed by atoms with Crippen molar-refractivity contribution in [2.45, 2.75) is 14.7 Å². The highest BCUT2D eigenvalue weighted by Crippen LogP contribution is 2.27. The summed E-state index contributed by atoms with van der Waals surface area (Å²) in [5.74, 6) is 0. The van der Waals surface area contributed by atoms with Crippen molar-refractivity contribution in [3.8, 4) is 0 Å². The van der Waals surface area contributed by atoms with Gasteiger partial charge >= 0.3 is 0 Å². The lowest BCUT2D eigenvalue weighted by Crippen LogP contribution is -1.87. The maximum absolute atomic E-state index is 10.9. The summed E-state index contributed by atoms with van der Waals surface area (Å²) >= 11 is -0.413. The van der Waals surface area contributed by atoms with Crippen LogP contribution < -0.4 is 0 Å². The molecule has 16 heavy (non-hydrogen) atoms. The summed E-state index contributed by atoms with van der Waals surface area (Å²) in [4.78, 5) is 2.32. The maximum Gasteiger partial charge on any atom is 0.186 e. The summed E-state index contributed by atoms with van der Waals surface area (Å²) in [6.45, 7) is 0. The van der Waals surface area contributed by atoms with E-state index in [9.17, 15) is 4.21 Å². The summed E-state index contributed by atoms with van der Waals surface area (Å²) in [5.41, 5.74) is 0. The molecule has 0 aliphatic rings. The zero-order valence-electron chi connectivity index (χ0n) is 8.29. The summed E-state index contributed by atoms with van der Waals surface area (Å²) in [6.07, 6.45) is 0. The molecular formula is C12H9O2S2. The van der Waals surface area contributed by atoms with E-state index in [0.29, 0.717) is 4.90 Å². The molecule has 81 valence electrons. The van der Waals surface area contributed by atoms with Crippen LogP contribution in [0.5, 0.6) is 0 Å². The summed E-state index contributed by atoms with van der Waals surface area (Å²) in [5, 5.41) is 0. The molecule has 0 heterocycles. The van der Waals surface area contributed by atoms with Crippen LogP contribution in [0.1, 0.15) is 0 Å². The lowest BCUT2D eigenvalue weighted by molar-refractivity contribution is 0.564. The van der Waals surface area contributed by atoms with Crippen molar-refractivity contribution in [1.82, 2.24) is 0 Å². The molecule has 1 N–H and O–H groups in total. The summed E-state index contributed by atoms with van der Waals surface area (Å²) in [6, 6.07) is 17.8. The van der Waals surface area contributed by atoms with Gasteiger partial charge < -0.3 is 4.55 Å². The zero-order valence-corrected chi connectivity index (χ0v) is 9.92. The molecule has 2 rings (SSSR count). The molecule has 2 aromatic rings. The molecule has 0 aliphatic carbocycles. The molecule has 0 amide bonds. The van der Waals surface area contributed by atoms with Crippen molar-refractivity contribution in [1.29, 1.82) is 0 Å². The van der Waals surface area contributed by atoms with Gasteiger partial charge in [-0.2, -0.15) is 0 Å². The van der Waals surface area contributed by atoms with Gasteiger partial charge in [-0.15, -0.1) is 0 Å². The van der Waals surface area contributed by atoms with E-state index in [0.717, 1.165) is 9.79 Å². The maximum atomic E-state index is 10.9. The molecule has 2 nitrogen and oxygen atoms in total. The molecule has 0 spiro atoms. The van der Waals surface area contributed by atoms with E-state index in [1.807, 2.05) is 30.3 Å². The van der Waals surface area contributed by atoms with Gasteiger partial charge in [0.2, 0.25) is 0 Å². The minimum absolute atomic E-state index is 0.400. The van der Waals surface area contributed by atoms with Crippen LogP contribution in [0.3, 0.4) is 0 Å². The van der Waals surface area contributed by atoms with Crippen LogP contribution in [0.2, 0.25) is 0 Å². The molecule has 0 fully saturated rings. The van der Waals surface area contributed by atoms with Gasteiger partial charge in [0.15, 0.2) is 11.1 Å². The lowest BCUT2D eigenvalue weighted by Gasteiger charge is -2.02. The van der Waals surface area contributed by atoms with E-state index in [1.165, 1.54) is 11.8 Å². The third-order valence-electron chi connectivity index (χ3n) is 1.92. The van der Waals surface area contributed by atoms with Crippen molar-refractivity contribution in [2.75, 3.05) is 0 Å².